The maximum atomic E-state index is 11.4. The van der Waals surface area contributed by atoms with E-state index in [0.29, 0.717) is 56.4 Å². The molecule has 2 fully saturated rings. The van der Waals surface area contributed by atoms with Gasteiger partial charge < -0.3 is 14.4 Å². The van der Waals surface area contributed by atoms with Gasteiger partial charge >= 0.3 is 0 Å². The maximum Gasteiger partial charge on any atom is 0.147 e. The second-order valence-corrected chi connectivity index (χ2v) is 11.8. The molecule has 0 bridgehead atoms. The highest BCUT2D eigenvalue weighted by atomic mass is 35.5. The summed E-state index contributed by atoms with van der Waals surface area (Å²) in [6.07, 6.45) is 5.12. The van der Waals surface area contributed by atoms with Crippen LogP contribution in [-0.4, -0.2) is 20.0 Å². The number of nitrogens with zero attached hydrogens (tertiary/aromatic N) is 3. The first kappa shape index (κ1) is 25.8. The monoisotopic (exact) mass is 571 g/mol. The van der Waals surface area contributed by atoms with E-state index in [4.69, 9.17) is 44.1 Å². The molecular weight excluding hydrogens is 545 g/mol. The molecule has 2 aliphatic rings. The molecule has 2 saturated carbocycles. The molecule has 0 radical (unpaired) electrons. The first-order chi connectivity index (χ1) is 18.2. The van der Waals surface area contributed by atoms with Gasteiger partial charge in [0.05, 0.1) is 26.2 Å². The number of aromatic nitrogens is 3. The zero-order valence-electron chi connectivity index (χ0n) is 21.1. The minimum Gasteiger partial charge on any atom is -0.489 e. The van der Waals surface area contributed by atoms with Crippen molar-refractivity contribution in [2.24, 2.45) is 0 Å². The van der Waals surface area contributed by atoms with Crippen molar-refractivity contribution in [3.63, 3.8) is 0 Å². The number of hydrogen-bond acceptors (Lipinski definition) is 5. The zero-order valence-corrected chi connectivity index (χ0v) is 23.4. The molecule has 0 unspecified atom stereocenters. The summed E-state index contributed by atoms with van der Waals surface area (Å²) in [5.41, 5.74) is 2.96. The van der Waals surface area contributed by atoms with E-state index in [2.05, 4.69) is 24.1 Å². The third kappa shape index (κ3) is 4.62. The molecule has 198 valence electrons. The lowest BCUT2D eigenvalue weighted by Crippen LogP contribution is -2.41. The van der Waals surface area contributed by atoms with Crippen molar-refractivity contribution >= 4 is 34.8 Å². The number of rotatable bonds is 8. The van der Waals surface area contributed by atoms with Crippen LogP contribution in [0.5, 0.6) is 5.75 Å². The zero-order chi connectivity index (χ0) is 26.6. The normalized spacial score (nSPS) is 21.1. The second kappa shape index (κ2) is 9.91. The van der Waals surface area contributed by atoms with E-state index >= 15 is 0 Å². The predicted molar refractivity (Wildman–Crippen MR) is 148 cm³/mol. The van der Waals surface area contributed by atoms with Gasteiger partial charge in [0.25, 0.3) is 0 Å². The van der Waals surface area contributed by atoms with Crippen LogP contribution in [0.2, 0.25) is 15.1 Å². The van der Waals surface area contributed by atoms with Crippen molar-refractivity contribution in [2.75, 3.05) is 0 Å². The molecule has 2 aliphatic carbocycles. The molecule has 0 amide bonds. The average Bonchev–Trinajstić information content (AvgIpc) is 3.42. The summed E-state index contributed by atoms with van der Waals surface area (Å²) in [7, 11) is 0. The van der Waals surface area contributed by atoms with E-state index in [1.165, 1.54) is 0 Å². The fourth-order valence-electron chi connectivity index (χ4n) is 5.43. The van der Waals surface area contributed by atoms with E-state index in [1.807, 2.05) is 29.1 Å². The molecule has 2 aromatic heterocycles. The lowest BCUT2D eigenvalue weighted by molar-refractivity contribution is -0.0569. The molecule has 1 N–H and O–H groups in total. The van der Waals surface area contributed by atoms with E-state index in [-0.39, 0.29) is 18.6 Å². The summed E-state index contributed by atoms with van der Waals surface area (Å²) >= 11 is 19.6. The number of aliphatic hydroxyl groups is 1. The minimum absolute atomic E-state index is 0.230. The van der Waals surface area contributed by atoms with Gasteiger partial charge in [0, 0.05) is 40.9 Å². The van der Waals surface area contributed by atoms with Gasteiger partial charge in [-0.15, -0.1) is 0 Å². The highest BCUT2D eigenvalue weighted by molar-refractivity contribution is 6.39. The lowest BCUT2D eigenvalue weighted by atomic mass is 9.66. The lowest BCUT2D eigenvalue weighted by Gasteiger charge is -2.44. The number of ether oxygens (including phenoxy) is 1. The van der Waals surface area contributed by atoms with E-state index in [0.717, 1.165) is 29.9 Å². The Kier molecular flexibility index (Phi) is 6.71. The summed E-state index contributed by atoms with van der Waals surface area (Å²) in [5, 5.41) is 21.6. The van der Waals surface area contributed by atoms with Crippen molar-refractivity contribution in [2.45, 2.75) is 69.6 Å². The summed E-state index contributed by atoms with van der Waals surface area (Å²) in [5.74, 6) is 1.97. The molecule has 6 nitrogen and oxygen atoms in total. The SMILES string of the molecule is CC(C)n1nccc1[C@H]1C[C@](O)(c2ccc(OCc3c(-c4c(Cl)cccc4Cl)noc3C3CC3)cc2Cl)C1. The molecule has 0 atom stereocenters. The van der Waals surface area contributed by atoms with Gasteiger partial charge in [-0.05, 0) is 69.9 Å². The van der Waals surface area contributed by atoms with Crippen LogP contribution >= 0.6 is 34.8 Å². The largest absolute Gasteiger partial charge is 0.489 e. The average molecular weight is 573 g/mol. The topological polar surface area (TPSA) is 73.3 Å². The fraction of sp³-hybridized carbons (Fsp3) is 0.379. The van der Waals surface area contributed by atoms with Crippen LogP contribution in [0, 0.1) is 0 Å². The quantitative estimate of drug-likeness (QED) is 0.230. The molecule has 0 saturated heterocycles. The molecule has 4 aromatic rings. The molecular formula is C29H28Cl3N3O3. The van der Waals surface area contributed by atoms with Gasteiger partial charge in [-0.25, -0.2) is 0 Å². The minimum atomic E-state index is -0.978. The van der Waals surface area contributed by atoms with Gasteiger partial charge in [0.15, 0.2) is 0 Å². The molecule has 38 heavy (non-hydrogen) atoms. The number of hydrogen-bond donors (Lipinski definition) is 1. The van der Waals surface area contributed by atoms with Crippen molar-refractivity contribution in [3.05, 3.63) is 86.3 Å². The highest BCUT2D eigenvalue weighted by Crippen LogP contribution is 2.53. The summed E-state index contributed by atoms with van der Waals surface area (Å²) in [4.78, 5) is 0. The Morgan fingerprint density at radius 3 is 2.45 bits per heavy atom. The maximum absolute atomic E-state index is 11.4. The van der Waals surface area contributed by atoms with Crippen LogP contribution in [0.4, 0.5) is 0 Å². The summed E-state index contributed by atoms with van der Waals surface area (Å²) in [6.45, 7) is 4.44. The molecule has 0 spiro atoms. The van der Waals surface area contributed by atoms with Crippen molar-refractivity contribution in [1.29, 1.82) is 0 Å². The Balaban J connectivity index is 1.20. The summed E-state index contributed by atoms with van der Waals surface area (Å²) < 4.78 is 13.9. The Morgan fingerprint density at radius 2 is 1.79 bits per heavy atom. The smallest absolute Gasteiger partial charge is 0.147 e. The van der Waals surface area contributed by atoms with Gasteiger partial charge in [-0.1, -0.05) is 52.1 Å². The van der Waals surface area contributed by atoms with Crippen LogP contribution < -0.4 is 4.74 Å². The van der Waals surface area contributed by atoms with Crippen molar-refractivity contribution in [3.8, 4) is 17.0 Å². The van der Waals surface area contributed by atoms with Crippen molar-refractivity contribution < 1.29 is 14.4 Å². The first-order valence-electron chi connectivity index (χ1n) is 12.9. The van der Waals surface area contributed by atoms with E-state index in [9.17, 15) is 5.11 Å². The molecule has 2 aromatic carbocycles. The fourth-order valence-corrected chi connectivity index (χ4v) is 6.35. The standard InChI is InChI=1S/C29H28Cl3N3O3/c1-16(2)35-25(10-11-33-35)18-13-29(36,14-18)21-9-8-19(12-24(21)32)37-15-20-27(34-38-28(20)17-6-7-17)26-22(30)4-3-5-23(26)31/h3-5,8-12,16-18,36H,6-7,13-15H2,1-2H3/t18-,29+. The van der Waals surface area contributed by atoms with Crippen LogP contribution in [0.1, 0.15) is 80.0 Å². The highest BCUT2D eigenvalue weighted by Gasteiger charge is 2.47. The van der Waals surface area contributed by atoms with Gasteiger partial charge in [-0.3, -0.25) is 4.68 Å². The Morgan fingerprint density at radius 1 is 1.05 bits per heavy atom. The molecule has 0 aliphatic heterocycles. The number of halogens is 3. The van der Waals surface area contributed by atoms with Gasteiger partial charge in [0.2, 0.25) is 0 Å². The second-order valence-electron chi connectivity index (χ2n) is 10.6. The van der Waals surface area contributed by atoms with Gasteiger partial charge in [-0.2, -0.15) is 5.10 Å². The van der Waals surface area contributed by atoms with Crippen LogP contribution in [0.3, 0.4) is 0 Å². The van der Waals surface area contributed by atoms with E-state index in [1.54, 1.807) is 24.3 Å². The third-order valence-corrected chi connectivity index (χ3v) is 8.51. The third-order valence-electron chi connectivity index (χ3n) is 7.57. The van der Waals surface area contributed by atoms with Crippen molar-refractivity contribution in [1.82, 2.24) is 14.9 Å². The Hall–Kier alpha value is -2.51. The van der Waals surface area contributed by atoms with Crippen LogP contribution in [0.15, 0.2) is 53.2 Å². The Labute approximate surface area is 236 Å². The van der Waals surface area contributed by atoms with E-state index < -0.39 is 5.60 Å². The predicted octanol–water partition coefficient (Wildman–Crippen LogP) is 8.30. The molecule has 9 heteroatoms. The summed E-state index contributed by atoms with van der Waals surface area (Å²) in [6, 6.07) is 13.1. The van der Waals surface area contributed by atoms with Crippen LogP contribution in [-0.2, 0) is 12.2 Å². The first-order valence-corrected chi connectivity index (χ1v) is 14.0. The van der Waals surface area contributed by atoms with Crippen LogP contribution in [0.25, 0.3) is 11.3 Å². The molecule has 6 rings (SSSR count). The molecule has 2 heterocycles. The van der Waals surface area contributed by atoms with Gasteiger partial charge in [0.1, 0.15) is 23.8 Å². The number of benzene rings is 2. The Bertz CT molecular complexity index is 1470.